The van der Waals surface area contributed by atoms with E-state index in [2.05, 4.69) is 30.5 Å². The molecule has 1 aliphatic rings. The van der Waals surface area contributed by atoms with E-state index in [1.807, 2.05) is 23.9 Å². The van der Waals surface area contributed by atoms with Crippen molar-refractivity contribution in [1.82, 2.24) is 4.57 Å². The molecule has 1 aromatic carbocycles. The third-order valence-corrected chi connectivity index (χ3v) is 7.11. The summed E-state index contributed by atoms with van der Waals surface area (Å²) in [5, 5.41) is 4.95. The van der Waals surface area contributed by atoms with E-state index < -0.39 is 5.91 Å². The quantitative estimate of drug-likeness (QED) is 0.351. The summed E-state index contributed by atoms with van der Waals surface area (Å²) >= 11 is 1.85. The molecule has 1 aromatic heterocycles. The molecule has 0 bridgehead atoms. The minimum atomic E-state index is -0.702. The normalized spacial score (nSPS) is 16.0. The molecular formula is C24H33N3O2S. The van der Waals surface area contributed by atoms with Crippen LogP contribution in [-0.2, 0) is 13.1 Å². The fourth-order valence-corrected chi connectivity index (χ4v) is 5.24. The van der Waals surface area contributed by atoms with Gasteiger partial charge < -0.3 is 4.57 Å². The van der Waals surface area contributed by atoms with Crippen molar-refractivity contribution in [2.75, 3.05) is 5.75 Å². The van der Waals surface area contributed by atoms with Crippen LogP contribution >= 0.6 is 11.8 Å². The summed E-state index contributed by atoms with van der Waals surface area (Å²) in [7, 11) is 0. The monoisotopic (exact) mass is 427 g/mol. The number of carbonyl (C=O) groups is 1. The van der Waals surface area contributed by atoms with Crippen molar-refractivity contribution in [3.05, 3.63) is 39.9 Å². The number of nitrogens with zero attached hydrogens (tertiary/aromatic N) is 3. The fourth-order valence-electron chi connectivity index (χ4n) is 4.44. The summed E-state index contributed by atoms with van der Waals surface area (Å²) in [4.78, 5) is 27.6. The molecule has 1 unspecified atom stereocenters. The van der Waals surface area contributed by atoms with Crippen molar-refractivity contribution in [3.63, 3.8) is 0 Å². The van der Waals surface area contributed by atoms with Crippen LogP contribution in [0.2, 0.25) is 0 Å². The van der Waals surface area contributed by atoms with Gasteiger partial charge >= 0.3 is 5.91 Å². The predicted molar refractivity (Wildman–Crippen MR) is 128 cm³/mol. The van der Waals surface area contributed by atoms with Crippen molar-refractivity contribution < 1.29 is 4.79 Å². The Kier molecular flexibility index (Phi) is 8.25. The van der Waals surface area contributed by atoms with Crippen LogP contribution in [-0.4, -0.2) is 21.3 Å². The number of carbonyl (C=O) groups excluding carboxylic acids is 1. The van der Waals surface area contributed by atoms with Crippen molar-refractivity contribution in [2.24, 2.45) is 10.2 Å². The number of hydrogen-bond donors (Lipinski definition) is 0. The highest BCUT2D eigenvalue weighted by atomic mass is 32.2. The predicted octanol–water partition coefficient (Wildman–Crippen LogP) is 7.07. The molecule has 5 nitrogen and oxygen atoms in total. The maximum Gasteiger partial charge on any atom is 0.316 e. The van der Waals surface area contributed by atoms with Crippen LogP contribution in [0.15, 0.2) is 28.4 Å². The molecule has 1 amide bonds. The zero-order chi connectivity index (χ0) is 21.5. The molecule has 0 aliphatic carbocycles. The maximum absolute atomic E-state index is 11.9. The molecule has 3 rings (SSSR count). The largest absolute Gasteiger partial charge is 0.343 e. The second-order valence-corrected chi connectivity index (χ2v) is 9.57. The summed E-state index contributed by atoms with van der Waals surface area (Å²) in [6.45, 7) is 8.23. The first-order chi connectivity index (χ1) is 14.6. The summed E-state index contributed by atoms with van der Waals surface area (Å²) in [6, 6.07) is 5.61. The van der Waals surface area contributed by atoms with Gasteiger partial charge in [-0.25, -0.2) is 0 Å². The van der Waals surface area contributed by atoms with Gasteiger partial charge in [0.05, 0.1) is 11.6 Å². The van der Waals surface area contributed by atoms with Gasteiger partial charge in [0.1, 0.15) is 0 Å². The molecule has 0 fully saturated rings. The minimum Gasteiger partial charge on any atom is -0.343 e. The molecule has 1 aliphatic heterocycles. The topological polar surface area (TPSA) is 63.8 Å². The Hall–Kier alpha value is -1.95. The van der Waals surface area contributed by atoms with Crippen LogP contribution in [0.3, 0.4) is 0 Å². The summed E-state index contributed by atoms with van der Waals surface area (Å²) < 4.78 is 2.35. The molecule has 1 atom stereocenters. The first-order valence-corrected chi connectivity index (χ1v) is 12.2. The van der Waals surface area contributed by atoms with Gasteiger partial charge in [0.15, 0.2) is 0 Å². The van der Waals surface area contributed by atoms with Crippen LogP contribution in [0.25, 0.3) is 10.9 Å². The number of hydrogen-bond acceptors (Lipinski definition) is 4. The average Bonchev–Trinajstić information content (AvgIpc) is 3.07. The zero-order valence-electron chi connectivity index (χ0n) is 18.4. The van der Waals surface area contributed by atoms with Crippen LogP contribution in [0, 0.1) is 4.91 Å². The second kappa shape index (κ2) is 10.9. The van der Waals surface area contributed by atoms with Gasteiger partial charge in [0.25, 0.3) is 0 Å². The number of fused-ring (bicyclic) bond motifs is 3. The molecule has 2 aromatic rings. The molecule has 30 heavy (non-hydrogen) atoms. The number of rotatable bonds is 7. The Bertz CT molecular complexity index is 932. The molecule has 0 saturated heterocycles. The Labute approximate surface area is 183 Å². The molecule has 0 N–H and O–H groups in total. The van der Waals surface area contributed by atoms with Gasteiger partial charge in [-0.15, -0.1) is 16.7 Å². The Balaban J connectivity index is 2.09. The van der Waals surface area contributed by atoms with Crippen molar-refractivity contribution in [3.8, 4) is 0 Å². The van der Waals surface area contributed by atoms with Crippen LogP contribution in [0.1, 0.15) is 93.3 Å². The van der Waals surface area contributed by atoms with Crippen molar-refractivity contribution in [1.29, 1.82) is 0 Å². The summed E-state index contributed by atoms with van der Waals surface area (Å²) in [6.07, 6.45) is 8.40. The third kappa shape index (κ3) is 5.20. The van der Waals surface area contributed by atoms with Gasteiger partial charge in [0.2, 0.25) is 0 Å². The first-order valence-electron chi connectivity index (χ1n) is 11.2. The third-order valence-electron chi connectivity index (χ3n) is 6.07. The molecule has 0 radical (unpaired) electrons. The minimum absolute atomic E-state index is 0.368. The van der Waals surface area contributed by atoms with Gasteiger partial charge in [-0.2, -0.15) is 0 Å². The maximum atomic E-state index is 11.9. The molecule has 0 spiro atoms. The molecule has 162 valence electrons. The van der Waals surface area contributed by atoms with E-state index in [-0.39, 0.29) is 0 Å². The highest BCUT2D eigenvalue weighted by Gasteiger charge is 2.22. The number of benzene rings is 1. The Morgan fingerprint density at radius 2 is 2.10 bits per heavy atom. The molecule has 2 heterocycles. The van der Waals surface area contributed by atoms with Crippen LogP contribution in [0.5, 0.6) is 0 Å². The lowest BCUT2D eigenvalue weighted by Gasteiger charge is -2.16. The van der Waals surface area contributed by atoms with Gasteiger partial charge in [0, 0.05) is 33.9 Å². The van der Waals surface area contributed by atoms with Crippen molar-refractivity contribution in [2.45, 2.75) is 84.7 Å². The van der Waals surface area contributed by atoms with E-state index in [0.29, 0.717) is 18.0 Å². The SMILES string of the molecule is CCCCCCC(C)c1c2n(c3cc(C(=O)N=O)ccc13)CCCCSC(C)=NC2. The second-order valence-electron chi connectivity index (χ2n) is 8.28. The van der Waals surface area contributed by atoms with Gasteiger partial charge in [-0.3, -0.25) is 9.79 Å². The number of amides is 1. The Morgan fingerprint density at radius 3 is 2.87 bits per heavy atom. The number of aliphatic imine (C=N–C) groups is 1. The van der Waals surface area contributed by atoms with E-state index in [4.69, 9.17) is 4.99 Å². The molecular weight excluding hydrogens is 394 g/mol. The van der Waals surface area contributed by atoms with Gasteiger partial charge in [-0.05, 0) is 55.6 Å². The summed E-state index contributed by atoms with van der Waals surface area (Å²) in [5.41, 5.74) is 4.03. The number of thioether (sulfide) groups is 1. The average molecular weight is 428 g/mol. The summed E-state index contributed by atoms with van der Waals surface area (Å²) in [5.74, 6) is 0.813. The standard InChI is InChI=1S/C24H33N3O2S/c1-4-5-6-7-10-17(2)23-20-12-11-19(24(28)26-29)15-21(20)27-13-8-9-14-30-18(3)25-16-22(23)27/h11-12,15,17H,4-10,13-14,16H2,1-3H3. The lowest BCUT2D eigenvalue weighted by atomic mass is 9.92. The lowest BCUT2D eigenvalue weighted by Crippen LogP contribution is -2.08. The number of unbranched alkanes of at least 4 members (excludes halogenated alkanes) is 3. The highest BCUT2D eigenvalue weighted by Crippen LogP contribution is 2.36. The van der Waals surface area contributed by atoms with E-state index in [0.717, 1.165) is 42.1 Å². The zero-order valence-corrected chi connectivity index (χ0v) is 19.3. The van der Waals surface area contributed by atoms with Gasteiger partial charge in [-0.1, -0.05) is 45.6 Å². The molecule has 0 saturated carbocycles. The molecule has 6 heteroatoms. The smallest absolute Gasteiger partial charge is 0.316 e. The Morgan fingerprint density at radius 1 is 1.27 bits per heavy atom. The van der Waals surface area contributed by atoms with E-state index in [1.165, 1.54) is 42.3 Å². The van der Waals surface area contributed by atoms with Crippen LogP contribution in [0.4, 0.5) is 0 Å². The van der Waals surface area contributed by atoms with Crippen molar-refractivity contribution >= 4 is 33.6 Å². The van der Waals surface area contributed by atoms with Crippen LogP contribution < -0.4 is 0 Å². The van der Waals surface area contributed by atoms with E-state index >= 15 is 0 Å². The number of aryl methyl sites for hydroxylation is 1. The first kappa shape index (κ1) is 22.7. The fraction of sp³-hybridized carbons (Fsp3) is 0.583. The van der Waals surface area contributed by atoms with E-state index in [1.54, 1.807) is 6.07 Å². The number of nitroso groups, excluding NO2 is 1. The lowest BCUT2D eigenvalue weighted by molar-refractivity contribution is 0.100. The number of aromatic nitrogens is 1. The van der Waals surface area contributed by atoms with E-state index in [9.17, 15) is 9.70 Å². The highest BCUT2D eigenvalue weighted by molar-refractivity contribution is 8.13.